The molecule has 126 valence electrons. The zero-order valence-electron chi connectivity index (χ0n) is 12.8. The van der Waals surface area contributed by atoms with Crippen LogP contribution in [0.1, 0.15) is 44.9 Å². The lowest BCUT2D eigenvalue weighted by molar-refractivity contribution is -0.129. The fourth-order valence-electron chi connectivity index (χ4n) is 3.29. The summed E-state index contributed by atoms with van der Waals surface area (Å²) in [6.07, 6.45) is 5.44. The van der Waals surface area contributed by atoms with Crippen molar-refractivity contribution in [1.29, 1.82) is 0 Å². The zero-order chi connectivity index (χ0) is 16.2. The van der Waals surface area contributed by atoms with E-state index in [1.165, 1.54) is 12.8 Å². The van der Waals surface area contributed by atoms with E-state index in [4.69, 9.17) is 5.14 Å². The van der Waals surface area contributed by atoms with Gasteiger partial charge in [-0.25, -0.2) is 13.6 Å². The first-order valence-corrected chi connectivity index (χ1v) is 9.63. The SMILES string of the molecule is NS(=O)(=O)CCCC(=O)NCC1CC(=O)N(C2CCCC2)C1. The van der Waals surface area contributed by atoms with Crippen LogP contribution in [0.5, 0.6) is 0 Å². The minimum absolute atomic E-state index is 0.142. The molecule has 0 aromatic carbocycles. The summed E-state index contributed by atoms with van der Waals surface area (Å²) >= 11 is 0. The van der Waals surface area contributed by atoms with Crippen molar-refractivity contribution in [2.75, 3.05) is 18.8 Å². The molecule has 3 N–H and O–H groups in total. The molecule has 1 aliphatic heterocycles. The smallest absolute Gasteiger partial charge is 0.223 e. The second-order valence-electron chi connectivity index (χ2n) is 6.33. The molecule has 8 heteroatoms. The van der Waals surface area contributed by atoms with Crippen LogP contribution in [-0.2, 0) is 19.6 Å². The van der Waals surface area contributed by atoms with E-state index in [2.05, 4.69) is 5.32 Å². The van der Waals surface area contributed by atoms with E-state index < -0.39 is 10.0 Å². The standard InChI is InChI=1S/C14H25N3O4S/c15-22(20,21)7-3-6-13(18)16-9-11-8-14(19)17(10-11)12-4-1-2-5-12/h11-12H,1-10H2,(H,16,18)(H2,15,20,21). The molecule has 1 unspecified atom stereocenters. The number of nitrogens with one attached hydrogen (secondary N) is 1. The van der Waals surface area contributed by atoms with Crippen molar-refractivity contribution < 1.29 is 18.0 Å². The van der Waals surface area contributed by atoms with Crippen LogP contribution in [-0.4, -0.2) is 50.0 Å². The van der Waals surface area contributed by atoms with Crippen LogP contribution in [0.25, 0.3) is 0 Å². The van der Waals surface area contributed by atoms with Crippen LogP contribution in [0.4, 0.5) is 0 Å². The third kappa shape index (κ3) is 5.24. The van der Waals surface area contributed by atoms with Gasteiger partial charge in [0, 0.05) is 37.9 Å². The van der Waals surface area contributed by atoms with Crippen LogP contribution in [0.15, 0.2) is 0 Å². The fourth-order valence-corrected chi connectivity index (χ4v) is 3.84. The summed E-state index contributed by atoms with van der Waals surface area (Å²) in [6, 6.07) is 0.392. The van der Waals surface area contributed by atoms with Gasteiger partial charge in [0.15, 0.2) is 0 Å². The van der Waals surface area contributed by atoms with Gasteiger partial charge in [-0.1, -0.05) is 12.8 Å². The van der Waals surface area contributed by atoms with Gasteiger partial charge in [0.1, 0.15) is 0 Å². The first-order chi connectivity index (χ1) is 10.3. The molecule has 1 saturated heterocycles. The molecule has 1 saturated carbocycles. The number of carbonyl (C=O) groups is 2. The summed E-state index contributed by atoms with van der Waals surface area (Å²) in [5, 5.41) is 7.67. The highest BCUT2D eigenvalue weighted by Gasteiger charge is 2.35. The molecule has 2 amide bonds. The van der Waals surface area contributed by atoms with Gasteiger partial charge >= 0.3 is 0 Å². The zero-order valence-corrected chi connectivity index (χ0v) is 13.6. The lowest BCUT2D eigenvalue weighted by atomic mass is 10.1. The Morgan fingerprint density at radius 1 is 1.32 bits per heavy atom. The Balaban J connectivity index is 1.67. The van der Waals surface area contributed by atoms with Crippen LogP contribution in [0.3, 0.4) is 0 Å². The van der Waals surface area contributed by atoms with E-state index >= 15 is 0 Å². The molecule has 2 rings (SSSR count). The summed E-state index contributed by atoms with van der Waals surface area (Å²) in [6.45, 7) is 1.20. The Bertz CT molecular complexity index is 514. The summed E-state index contributed by atoms with van der Waals surface area (Å²) in [7, 11) is -3.51. The maximum atomic E-state index is 12.0. The van der Waals surface area contributed by atoms with E-state index in [0.29, 0.717) is 19.0 Å². The molecule has 7 nitrogen and oxygen atoms in total. The number of amides is 2. The third-order valence-corrected chi connectivity index (χ3v) is 5.28. The second-order valence-corrected chi connectivity index (χ2v) is 8.06. The molecule has 1 heterocycles. The molecular formula is C14H25N3O4S. The second kappa shape index (κ2) is 7.41. The van der Waals surface area contributed by atoms with Crippen molar-refractivity contribution in [2.45, 2.75) is 51.0 Å². The van der Waals surface area contributed by atoms with Gasteiger partial charge in [-0.2, -0.15) is 0 Å². The Morgan fingerprint density at radius 2 is 2.00 bits per heavy atom. The maximum Gasteiger partial charge on any atom is 0.223 e. The van der Waals surface area contributed by atoms with Crippen molar-refractivity contribution >= 4 is 21.8 Å². The molecule has 0 aromatic heterocycles. The minimum Gasteiger partial charge on any atom is -0.356 e. The molecule has 0 spiro atoms. The number of primary sulfonamides is 1. The van der Waals surface area contributed by atoms with Crippen LogP contribution >= 0.6 is 0 Å². The molecule has 1 aliphatic carbocycles. The van der Waals surface area contributed by atoms with Gasteiger partial charge in [0.2, 0.25) is 21.8 Å². The van der Waals surface area contributed by atoms with E-state index in [1.807, 2.05) is 4.90 Å². The van der Waals surface area contributed by atoms with Crippen molar-refractivity contribution in [3.05, 3.63) is 0 Å². The van der Waals surface area contributed by atoms with Crippen LogP contribution < -0.4 is 10.5 Å². The van der Waals surface area contributed by atoms with E-state index in [9.17, 15) is 18.0 Å². The van der Waals surface area contributed by atoms with E-state index in [-0.39, 0.29) is 36.3 Å². The first kappa shape index (κ1) is 17.2. The highest BCUT2D eigenvalue weighted by molar-refractivity contribution is 7.89. The largest absolute Gasteiger partial charge is 0.356 e. The topological polar surface area (TPSA) is 110 Å². The lowest BCUT2D eigenvalue weighted by Gasteiger charge is -2.24. The molecule has 0 radical (unpaired) electrons. The Hall–Kier alpha value is -1.15. The number of nitrogens with two attached hydrogens (primary N) is 1. The molecule has 2 fully saturated rings. The van der Waals surface area contributed by atoms with Crippen molar-refractivity contribution in [3.63, 3.8) is 0 Å². The average Bonchev–Trinajstić information content (AvgIpc) is 3.03. The fraction of sp³-hybridized carbons (Fsp3) is 0.857. The first-order valence-electron chi connectivity index (χ1n) is 7.92. The molecule has 0 bridgehead atoms. The van der Waals surface area contributed by atoms with Gasteiger partial charge in [0.05, 0.1) is 5.75 Å². The van der Waals surface area contributed by atoms with Gasteiger partial charge in [-0.15, -0.1) is 0 Å². The number of nitrogens with zero attached hydrogens (tertiary/aromatic N) is 1. The van der Waals surface area contributed by atoms with E-state index in [1.54, 1.807) is 0 Å². The number of sulfonamides is 1. The summed E-state index contributed by atoms with van der Waals surface area (Å²) < 4.78 is 21.6. The minimum atomic E-state index is -3.51. The monoisotopic (exact) mass is 331 g/mol. The predicted octanol–water partition coefficient (Wildman–Crippen LogP) is -0.0376. The number of rotatable bonds is 7. The van der Waals surface area contributed by atoms with Gasteiger partial charge in [-0.05, 0) is 19.3 Å². The Morgan fingerprint density at radius 3 is 2.64 bits per heavy atom. The van der Waals surface area contributed by atoms with E-state index in [0.717, 1.165) is 19.4 Å². The Kier molecular flexibility index (Phi) is 5.80. The number of carbonyl (C=O) groups excluding carboxylic acids is 2. The highest BCUT2D eigenvalue weighted by atomic mass is 32.2. The molecule has 0 aromatic rings. The Labute approximate surface area is 131 Å². The quantitative estimate of drug-likeness (QED) is 0.682. The number of hydrogen-bond donors (Lipinski definition) is 2. The third-order valence-electron chi connectivity index (χ3n) is 4.42. The highest BCUT2D eigenvalue weighted by Crippen LogP contribution is 2.29. The van der Waals surface area contributed by atoms with Crippen molar-refractivity contribution in [2.24, 2.45) is 11.1 Å². The molecule has 22 heavy (non-hydrogen) atoms. The van der Waals surface area contributed by atoms with Gasteiger partial charge in [-0.3, -0.25) is 9.59 Å². The van der Waals surface area contributed by atoms with Gasteiger partial charge in [0.25, 0.3) is 0 Å². The van der Waals surface area contributed by atoms with Crippen molar-refractivity contribution in [1.82, 2.24) is 10.2 Å². The summed E-state index contributed by atoms with van der Waals surface area (Å²) in [4.78, 5) is 25.7. The van der Waals surface area contributed by atoms with Crippen molar-refractivity contribution in [3.8, 4) is 0 Å². The summed E-state index contributed by atoms with van der Waals surface area (Å²) in [5.74, 6) is -0.0104. The number of hydrogen-bond acceptors (Lipinski definition) is 4. The number of likely N-dealkylation sites (tertiary alicyclic amines) is 1. The average molecular weight is 331 g/mol. The van der Waals surface area contributed by atoms with Crippen LogP contribution in [0.2, 0.25) is 0 Å². The molecule has 2 aliphatic rings. The lowest BCUT2D eigenvalue weighted by Crippen LogP contribution is -2.36. The van der Waals surface area contributed by atoms with Gasteiger partial charge < -0.3 is 10.2 Å². The van der Waals surface area contributed by atoms with Crippen LogP contribution in [0, 0.1) is 5.92 Å². The molecule has 1 atom stereocenters. The normalized spacial score (nSPS) is 23.2. The summed E-state index contributed by atoms with van der Waals surface area (Å²) in [5.41, 5.74) is 0. The predicted molar refractivity (Wildman–Crippen MR) is 82.3 cm³/mol. The maximum absolute atomic E-state index is 12.0. The molecular weight excluding hydrogens is 306 g/mol.